The van der Waals surface area contributed by atoms with Gasteiger partial charge in [-0.3, -0.25) is 4.79 Å². The van der Waals surface area contributed by atoms with E-state index >= 15 is 0 Å². The third kappa shape index (κ3) is 4.91. The van der Waals surface area contributed by atoms with E-state index in [0.717, 1.165) is 0 Å². The summed E-state index contributed by atoms with van der Waals surface area (Å²) in [6, 6.07) is 14.5. The molecular formula is C19H23NO4. The Balaban J connectivity index is 2.01. The second kappa shape index (κ2) is 8.24. The molecule has 0 saturated carbocycles. The zero-order valence-corrected chi connectivity index (χ0v) is 14.4. The molecule has 0 aliphatic rings. The Morgan fingerprint density at radius 3 is 2.33 bits per heavy atom. The first-order chi connectivity index (χ1) is 11.5. The van der Waals surface area contributed by atoms with Crippen molar-refractivity contribution in [2.75, 3.05) is 12.4 Å². The Kier molecular flexibility index (Phi) is 6.07. The number of hydrogen-bond acceptors (Lipinski definition) is 4. The molecule has 0 radical (unpaired) electrons. The quantitative estimate of drug-likeness (QED) is 0.837. The molecule has 5 nitrogen and oxygen atoms in total. The summed E-state index contributed by atoms with van der Waals surface area (Å²) < 4.78 is 16.5. The van der Waals surface area contributed by atoms with Crippen LogP contribution < -0.4 is 19.5 Å². The molecule has 0 aliphatic carbocycles. The van der Waals surface area contributed by atoms with E-state index in [1.165, 1.54) is 0 Å². The highest BCUT2D eigenvalue weighted by Gasteiger charge is 2.17. The van der Waals surface area contributed by atoms with E-state index in [-0.39, 0.29) is 12.0 Å². The maximum absolute atomic E-state index is 12.3. The predicted octanol–water partition coefficient (Wildman–Crippen LogP) is 3.89. The van der Waals surface area contributed by atoms with E-state index in [2.05, 4.69) is 5.32 Å². The second-order valence-corrected chi connectivity index (χ2v) is 5.59. The molecule has 0 fully saturated rings. The van der Waals surface area contributed by atoms with Crippen LogP contribution in [0.4, 0.5) is 5.69 Å². The lowest BCUT2D eigenvalue weighted by atomic mass is 10.2. The summed E-state index contributed by atoms with van der Waals surface area (Å²) in [5.41, 5.74) is 0.661. The molecule has 0 saturated heterocycles. The van der Waals surface area contributed by atoms with Crippen LogP contribution in [0.15, 0.2) is 48.5 Å². The van der Waals surface area contributed by atoms with Crippen molar-refractivity contribution in [2.24, 2.45) is 0 Å². The van der Waals surface area contributed by atoms with Crippen molar-refractivity contribution in [3.05, 3.63) is 48.5 Å². The van der Waals surface area contributed by atoms with Gasteiger partial charge in [0.05, 0.1) is 13.2 Å². The van der Waals surface area contributed by atoms with E-state index in [4.69, 9.17) is 14.2 Å². The van der Waals surface area contributed by atoms with E-state index in [9.17, 15) is 4.79 Å². The summed E-state index contributed by atoms with van der Waals surface area (Å²) in [6.45, 7) is 5.60. The fourth-order valence-corrected chi connectivity index (χ4v) is 2.12. The van der Waals surface area contributed by atoms with Gasteiger partial charge in [0.25, 0.3) is 5.91 Å². The molecule has 2 aromatic rings. The zero-order valence-electron chi connectivity index (χ0n) is 14.4. The van der Waals surface area contributed by atoms with Crippen LogP contribution in [0.3, 0.4) is 0 Å². The van der Waals surface area contributed by atoms with Crippen molar-refractivity contribution in [1.82, 2.24) is 0 Å². The van der Waals surface area contributed by atoms with Crippen molar-refractivity contribution in [3.63, 3.8) is 0 Å². The summed E-state index contributed by atoms with van der Waals surface area (Å²) in [4.78, 5) is 12.3. The number of methoxy groups -OCH3 is 1. The van der Waals surface area contributed by atoms with Gasteiger partial charge in [-0.2, -0.15) is 0 Å². The molecule has 2 rings (SSSR count). The Morgan fingerprint density at radius 1 is 0.958 bits per heavy atom. The third-order valence-electron chi connectivity index (χ3n) is 3.22. The normalized spacial score (nSPS) is 11.7. The van der Waals surface area contributed by atoms with Crippen LogP contribution in [0.2, 0.25) is 0 Å². The van der Waals surface area contributed by atoms with Gasteiger partial charge in [-0.1, -0.05) is 18.2 Å². The molecule has 0 spiro atoms. The van der Waals surface area contributed by atoms with E-state index in [1.54, 1.807) is 38.3 Å². The van der Waals surface area contributed by atoms with Gasteiger partial charge in [0.1, 0.15) is 5.75 Å². The highest BCUT2D eigenvalue weighted by atomic mass is 16.5. The number of hydrogen-bond donors (Lipinski definition) is 1. The smallest absolute Gasteiger partial charge is 0.265 e. The van der Waals surface area contributed by atoms with Crippen molar-refractivity contribution < 1.29 is 19.0 Å². The molecule has 1 amide bonds. The number of carbonyl (C=O) groups is 1. The number of para-hydroxylation sites is 2. The van der Waals surface area contributed by atoms with Crippen molar-refractivity contribution >= 4 is 11.6 Å². The van der Waals surface area contributed by atoms with Crippen LogP contribution in [-0.4, -0.2) is 25.2 Å². The SMILES string of the molecule is COc1ccccc1O[C@H](C)C(=O)Nc1cccc(OC(C)C)c1. The van der Waals surface area contributed by atoms with Gasteiger partial charge in [-0.25, -0.2) is 0 Å². The second-order valence-electron chi connectivity index (χ2n) is 5.59. The molecule has 128 valence electrons. The number of anilines is 1. The van der Waals surface area contributed by atoms with Crippen LogP contribution in [0.5, 0.6) is 17.2 Å². The van der Waals surface area contributed by atoms with Gasteiger partial charge >= 0.3 is 0 Å². The van der Waals surface area contributed by atoms with Gasteiger partial charge in [0.2, 0.25) is 0 Å². The predicted molar refractivity (Wildman–Crippen MR) is 93.9 cm³/mol. The van der Waals surface area contributed by atoms with Gasteiger partial charge in [-0.15, -0.1) is 0 Å². The first-order valence-corrected chi connectivity index (χ1v) is 7.87. The van der Waals surface area contributed by atoms with Crippen molar-refractivity contribution in [2.45, 2.75) is 33.0 Å². The zero-order chi connectivity index (χ0) is 17.5. The van der Waals surface area contributed by atoms with Crippen LogP contribution in [0, 0.1) is 0 Å². The molecule has 24 heavy (non-hydrogen) atoms. The molecule has 5 heteroatoms. The maximum Gasteiger partial charge on any atom is 0.265 e. The van der Waals surface area contributed by atoms with Gasteiger partial charge in [0.15, 0.2) is 17.6 Å². The average Bonchev–Trinajstić information content (AvgIpc) is 2.55. The highest BCUT2D eigenvalue weighted by Crippen LogP contribution is 2.27. The number of rotatable bonds is 7. The first kappa shape index (κ1) is 17.7. The summed E-state index contributed by atoms with van der Waals surface area (Å²) in [5.74, 6) is 1.58. The Labute approximate surface area is 142 Å². The minimum atomic E-state index is -0.670. The fraction of sp³-hybridized carbons (Fsp3) is 0.316. The average molecular weight is 329 g/mol. The molecular weight excluding hydrogens is 306 g/mol. The number of benzene rings is 2. The molecule has 0 aliphatic heterocycles. The minimum Gasteiger partial charge on any atom is -0.493 e. The number of nitrogens with one attached hydrogen (secondary N) is 1. The van der Waals surface area contributed by atoms with E-state index < -0.39 is 6.10 Å². The molecule has 0 unspecified atom stereocenters. The number of carbonyl (C=O) groups excluding carboxylic acids is 1. The summed E-state index contributed by atoms with van der Waals surface area (Å²) in [6.07, 6.45) is -0.597. The lowest BCUT2D eigenvalue weighted by Crippen LogP contribution is -2.30. The standard InChI is InChI=1S/C19H23NO4/c1-13(2)23-16-9-7-8-15(12-16)20-19(21)14(3)24-18-11-6-5-10-17(18)22-4/h5-14H,1-4H3,(H,20,21)/t14-/m1/s1. The van der Waals surface area contributed by atoms with Gasteiger partial charge in [-0.05, 0) is 45.0 Å². The summed E-state index contributed by atoms with van der Waals surface area (Å²) >= 11 is 0. The molecule has 1 atom stereocenters. The lowest BCUT2D eigenvalue weighted by molar-refractivity contribution is -0.122. The lowest BCUT2D eigenvalue weighted by Gasteiger charge is -2.17. The van der Waals surface area contributed by atoms with Gasteiger partial charge in [0, 0.05) is 11.8 Å². The van der Waals surface area contributed by atoms with Crippen LogP contribution in [0.1, 0.15) is 20.8 Å². The van der Waals surface area contributed by atoms with E-state index in [0.29, 0.717) is 22.9 Å². The van der Waals surface area contributed by atoms with Crippen molar-refractivity contribution in [3.8, 4) is 17.2 Å². The van der Waals surface area contributed by atoms with Crippen LogP contribution >= 0.6 is 0 Å². The maximum atomic E-state index is 12.3. The molecule has 2 aromatic carbocycles. The number of ether oxygens (including phenoxy) is 3. The molecule has 1 N–H and O–H groups in total. The monoisotopic (exact) mass is 329 g/mol. The van der Waals surface area contributed by atoms with Crippen molar-refractivity contribution in [1.29, 1.82) is 0 Å². The van der Waals surface area contributed by atoms with Crippen LogP contribution in [-0.2, 0) is 4.79 Å². The Morgan fingerprint density at radius 2 is 1.67 bits per heavy atom. The van der Waals surface area contributed by atoms with Gasteiger partial charge < -0.3 is 19.5 Å². The Bertz CT molecular complexity index is 685. The third-order valence-corrected chi connectivity index (χ3v) is 3.22. The molecule has 0 bridgehead atoms. The highest BCUT2D eigenvalue weighted by molar-refractivity contribution is 5.94. The summed E-state index contributed by atoms with van der Waals surface area (Å²) in [5, 5.41) is 2.83. The molecule has 0 heterocycles. The van der Waals surface area contributed by atoms with Crippen LogP contribution in [0.25, 0.3) is 0 Å². The number of amides is 1. The molecule has 0 aromatic heterocycles. The minimum absolute atomic E-state index is 0.0729. The summed E-state index contributed by atoms with van der Waals surface area (Å²) in [7, 11) is 1.56. The first-order valence-electron chi connectivity index (χ1n) is 7.87. The largest absolute Gasteiger partial charge is 0.493 e. The van der Waals surface area contributed by atoms with E-state index in [1.807, 2.05) is 38.1 Å². The topological polar surface area (TPSA) is 56.8 Å². The Hall–Kier alpha value is -2.69. The fourth-order valence-electron chi connectivity index (χ4n) is 2.12.